The first-order chi connectivity index (χ1) is 14.4. The first kappa shape index (κ1) is 21.1. The zero-order valence-corrected chi connectivity index (χ0v) is 17.7. The highest BCUT2D eigenvalue weighted by Crippen LogP contribution is 2.24. The molecular formula is C24H25N3O3. The van der Waals surface area contributed by atoms with Gasteiger partial charge >= 0.3 is 0 Å². The monoisotopic (exact) mass is 403 g/mol. The number of hydrogen-bond acceptors (Lipinski definition) is 5. The summed E-state index contributed by atoms with van der Waals surface area (Å²) in [4.78, 5) is 15.0. The molecule has 3 aromatic rings. The fourth-order valence-corrected chi connectivity index (χ4v) is 3.36. The Morgan fingerprint density at radius 1 is 1.23 bits per heavy atom. The molecule has 1 atom stereocenters. The predicted octanol–water partition coefficient (Wildman–Crippen LogP) is 4.97. The number of carbonyl (C=O) groups is 1. The number of benzene rings is 2. The zero-order chi connectivity index (χ0) is 21.7. The van der Waals surface area contributed by atoms with Crippen molar-refractivity contribution >= 4 is 5.91 Å². The molecule has 1 aromatic heterocycles. The van der Waals surface area contributed by atoms with Crippen LogP contribution < -0.4 is 4.74 Å². The maximum atomic E-state index is 13.2. The lowest BCUT2D eigenvalue weighted by atomic mass is 10.0. The second-order valence-electron chi connectivity index (χ2n) is 7.12. The first-order valence-corrected chi connectivity index (χ1v) is 9.90. The number of nitrogens with zero attached hydrogens (tertiary/aromatic N) is 3. The van der Waals surface area contributed by atoms with E-state index in [1.165, 1.54) is 0 Å². The predicted molar refractivity (Wildman–Crippen MR) is 113 cm³/mol. The van der Waals surface area contributed by atoms with E-state index in [-0.39, 0.29) is 11.9 Å². The van der Waals surface area contributed by atoms with E-state index in [0.29, 0.717) is 30.0 Å². The van der Waals surface area contributed by atoms with Crippen LogP contribution in [-0.2, 0) is 6.61 Å². The second kappa shape index (κ2) is 9.27. The lowest BCUT2D eigenvalue weighted by Crippen LogP contribution is -2.33. The van der Waals surface area contributed by atoms with Crippen molar-refractivity contribution in [2.24, 2.45) is 0 Å². The molecule has 0 fully saturated rings. The van der Waals surface area contributed by atoms with Crippen LogP contribution in [0.25, 0.3) is 0 Å². The van der Waals surface area contributed by atoms with Crippen LogP contribution >= 0.6 is 0 Å². The molecule has 0 spiro atoms. The summed E-state index contributed by atoms with van der Waals surface area (Å²) in [5.74, 6) is 1.27. The molecule has 0 aliphatic heterocycles. The number of amides is 1. The third-order valence-corrected chi connectivity index (χ3v) is 5.24. The Morgan fingerprint density at radius 3 is 2.57 bits per heavy atom. The zero-order valence-electron chi connectivity index (χ0n) is 17.7. The Hall–Kier alpha value is -3.59. The van der Waals surface area contributed by atoms with Crippen molar-refractivity contribution in [2.75, 3.05) is 6.54 Å². The van der Waals surface area contributed by atoms with E-state index in [1.807, 2.05) is 52.0 Å². The van der Waals surface area contributed by atoms with E-state index in [1.54, 1.807) is 29.2 Å². The summed E-state index contributed by atoms with van der Waals surface area (Å²) >= 11 is 0. The number of hydrogen-bond donors (Lipinski definition) is 0. The van der Waals surface area contributed by atoms with Crippen molar-refractivity contribution in [3.63, 3.8) is 0 Å². The lowest BCUT2D eigenvalue weighted by Gasteiger charge is -2.28. The third-order valence-electron chi connectivity index (χ3n) is 5.24. The molecule has 3 rings (SSSR count). The molecule has 30 heavy (non-hydrogen) atoms. The minimum Gasteiger partial charge on any atom is -0.489 e. The average Bonchev–Trinajstić information content (AvgIpc) is 3.10. The fourth-order valence-electron chi connectivity index (χ4n) is 3.36. The summed E-state index contributed by atoms with van der Waals surface area (Å²) in [7, 11) is 0. The lowest BCUT2D eigenvalue weighted by molar-refractivity contribution is 0.0701. The standard InChI is InChI=1S/C24H25N3O3/c1-5-27(17(3)20-11-9-19(14-25)10-12-20)24(28)21-7-6-8-22(13-21)29-15-23-16(2)26-30-18(23)4/h6-13,17H,5,15H2,1-4H3. The van der Waals surface area contributed by atoms with Gasteiger partial charge in [-0.05, 0) is 63.6 Å². The number of nitriles is 1. The molecule has 1 unspecified atom stereocenters. The van der Waals surface area contributed by atoms with Gasteiger partial charge in [-0.25, -0.2) is 0 Å². The average molecular weight is 403 g/mol. The molecule has 0 N–H and O–H groups in total. The molecule has 0 bridgehead atoms. The Morgan fingerprint density at radius 2 is 1.97 bits per heavy atom. The Labute approximate surface area is 176 Å². The van der Waals surface area contributed by atoms with Gasteiger partial charge in [-0.2, -0.15) is 5.26 Å². The van der Waals surface area contributed by atoms with Crippen molar-refractivity contribution in [3.05, 3.63) is 82.2 Å². The molecule has 154 valence electrons. The molecular weight excluding hydrogens is 378 g/mol. The normalized spacial score (nSPS) is 11.6. The minimum atomic E-state index is -0.123. The molecule has 6 heteroatoms. The van der Waals surface area contributed by atoms with Crippen molar-refractivity contribution in [1.29, 1.82) is 5.26 Å². The van der Waals surface area contributed by atoms with E-state index in [9.17, 15) is 4.79 Å². The maximum Gasteiger partial charge on any atom is 0.254 e. The van der Waals surface area contributed by atoms with Crippen LogP contribution in [-0.4, -0.2) is 22.5 Å². The van der Waals surface area contributed by atoms with Gasteiger partial charge in [0.1, 0.15) is 18.1 Å². The van der Waals surface area contributed by atoms with Crippen LogP contribution in [0.15, 0.2) is 53.1 Å². The number of ether oxygens (including phenoxy) is 1. The van der Waals surface area contributed by atoms with Gasteiger partial charge in [0.05, 0.1) is 28.9 Å². The molecule has 0 aliphatic carbocycles. The smallest absolute Gasteiger partial charge is 0.254 e. The Kier molecular flexibility index (Phi) is 6.53. The van der Waals surface area contributed by atoms with Gasteiger partial charge in [0, 0.05) is 12.1 Å². The summed E-state index contributed by atoms with van der Waals surface area (Å²) < 4.78 is 11.1. The first-order valence-electron chi connectivity index (χ1n) is 9.90. The molecule has 2 aromatic carbocycles. The molecule has 6 nitrogen and oxygen atoms in total. The largest absolute Gasteiger partial charge is 0.489 e. The topological polar surface area (TPSA) is 79.4 Å². The molecule has 1 heterocycles. The van der Waals surface area contributed by atoms with Crippen LogP contribution in [0, 0.1) is 25.2 Å². The number of carbonyl (C=O) groups excluding carboxylic acids is 1. The van der Waals surface area contributed by atoms with E-state index in [0.717, 1.165) is 22.6 Å². The third kappa shape index (κ3) is 4.52. The molecule has 0 saturated carbocycles. The fraction of sp³-hybridized carbons (Fsp3) is 0.292. The van der Waals surface area contributed by atoms with Gasteiger partial charge in [-0.15, -0.1) is 0 Å². The second-order valence-corrected chi connectivity index (χ2v) is 7.12. The molecule has 0 saturated heterocycles. The van der Waals surface area contributed by atoms with E-state index < -0.39 is 0 Å². The van der Waals surface area contributed by atoms with Gasteiger partial charge in [-0.3, -0.25) is 4.79 Å². The van der Waals surface area contributed by atoms with Crippen molar-refractivity contribution in [1.82, 2.24) is 10.1 Å². The summed E-state index contributed by atoms with van der Waals surface area (Å²) in [6, 6.07) is 16.5. The summed E-state index contributed by atoms with van der Waals surface area (Å²) in [6.07, 6.45) is 0. The van der Waals surface area contributed by atoms with Gasteiger partial charge in [0.2, 0.25) is 0 Å². The summed E-state index contributed by atoms with van der Waals surface area (Å²) in [5.41, 5.74) is 3.86. The Balaban J connectivity index is 1.75. The van der Waals surface area contributed by atoms with Gasteiger partial charge in [0.25, 0.3) is 5.91 Å². The van der Waals surface area contributed by atoms with E-state index >= 15 is 0 Å². The van der Waals surface area contributed by atoms with E-state index in [2.05, 4.69) is 11.2 Å². The van der Waals surface area contributed by atoms with E-state index in [4.69, 9.17) is 14.5 Å². The maximum absolute atomic E-state index is 13.2. The van der Waals surface area contributed by atoms with Crippen molar-refractivity contribution in [2.45, 2.75) is 40.3 Å². The van der Waals surface area contributed by atoms with Crippen molar-refractivity contribution < 1.29 is 14.1 Å². The number of rotatable bonds is 7. The van der Waals surface area contributed by atoms with Crippen LogP contribution in [0.1, 0.15) is 58.4 Å². The van der Waals surface area contributed by atoms with Crippen LogP contribution in [0.5, 0.6) is 5.75 Å². The SMILES string of the molecule is CCN(C(=O)c1cccc(OCc2c(C)noc2C)c1)C(C)c1ccc(C#N)cc1. The highest BCUT2D eigenvalue weighted by molar-refractivity contribution is 5.94. The number of aromatic nitrogens is 1. The van der Waals surface area contributed by atoms with Gasteiger partial charge in [0.15, 0.2) is 0 Å². The van der Waals surface area contributed by atoms with Gasteiger partial charge < -0.3 is 14.2 Å². The summed E-state index contributed by atoms with van der Waals surface area (Å²) in [6.45, 7) is 8.56. The van der Waals surface area contributed by atoms with Gasteiger partial charge in [-0.1, -0.05) is 23.4 Å². The quantitative estimate of drug-likeness (QED) is 0.557. The highest BCUT2D eigenvalue weighted by atomic mass is 16.5. The molecule has 1 amide bonds. The van der Waals surface area contributed by atoms with Crippen LogP contribution in [0.4, 0.5) is 0 Å². The minimum absolute atomic E-state index is 0.0721. The Bertz CT molecular complexity index is 1040. The molecule has 0 aliphatic rings. The van der Waals surface area contributed by atoms with Crippen LogP contribution in [0.3, 0.4) is 0 Å². The summed E-state index contributed by atoms with van der Waals surface area (Å²) in [5, 5.41) is 12.9. The molecule has 0 radical (unpaired) electrons. The highest BCUT2D eigenvalue weighted by Gasteiger charge is 2.22. The van der Waals surface area contributed by atoms with Crippen LogP contribution in [0.2, 0.25) is 0 Å². The van der Waals surface area contributed by atoms with Crippen molar-refractivity contribution in [3.8, 4) is 11.8 Å². The number of aryl methyl sites for hydroxylation is 2.